The van der Waals surface area contributed by atoms with Gasteiger partial charge in [0.25, 0.3) is 0 Å². The Hall–Kier alpha value is -2.97. The van der Waals surface area contributed by atoms with Crippen LogP contribution in [0.1, 0.15) is 65.9 Å². The number of benzene rings is 1. The van der Waals surface area contributed by atoms with Crippen molar-refractivity contribution in [3.05, 3.63) is 61.2 Å². The van der Waals surface area contributed by atoms with Crippen molar-refractivity contribution in [3.63, 3.8) is 0 Å². The monoisotopic (exact) mass is 580 g/mol. The molecule has 1 N–H and O–H groups in total. The zero-order valence-electron chi connectivity index (χ0n) is 25.9. The van der Waals surface area contributed by atoms with E-state index in [9.17, 15) is 19.5 Å². The number of esters is 1. The highest BCUT2D eigenvalue weighted by Gasteiger charge is 2.76. The van der Waals surface area contributed by atoms with Crippen LogP contribution < -0.4 is 0 Å². The SMILES string of the molecule is C=CCCOC(=O)[C@@H]1[C@H]2C(=O)N([C@@H](CO)Cc3ccccc3)C(C(=O)N(CC=C)C(C)(C)CC(C)(C)C)C23CC[C@H]1O3. The molecule has 2 bridgehead atoms. The minimum atomic E-state index is -1.18. The molecule has 3 aliphatic heterocycles. The van der Waals surface area contributed by atoms with Crippen LogP contribution in [-0.4, -0.2) is 81.8 Å². The first-order chi connectivity index (χ1) is 19.8. The molecular weight excluding hydrogens is 532 g/mol. The Balaban J connectivity index is 1.79. The molecule has 1 aromatic carbocycles. The summed E-state index contributed by atoms with van der Waals surface area (Å²) in [6.07, 6.45) is 5.49. The summed E-state index contributed by atoms with van der Waals surface area (Å²) in [6.45, 7) is 18.2. The molecular formula is C34H48N2O6. The summed E-state index contributed by atoms with van der Waals surface area (Å²) in [5.41, 5.74) is -0.881. The van der Waals surface area contributed by atoms with Crippen molar-refractivity contribution in [2.45, 2.75) is 96.1 Å². The van der Waals surface area contributed by atoms with Gasteiger partial charge in [0.15, 0.2) is 0 Å². The fraction of sp³-hybridized carbons (Fsp3) is 0.618. The summed E-state index contributed by atoms with van der Waals surface area (Å²) in [6, 6.07) is 7.94. The fourth-order valence-electron chi connectivity index (χ4n) is 7.81. The van der Waals surface area contributed by atoms with Crippen LogP contribution in [0.2, 0.25) is 0 Å². The number of aliphatic hydroxyl groups is 1. The van der Waals surface area contributed by atoms with Crippen molar-refractivity contribution in [2.24, 2.45) is 17.3 Å². The predicted molar refractivity (Wildman–Crippen MR) is 161 cm³/mol. The van der Waals surface area contributed by atoms with Crippen LogP contribution in [0, 0.1) is 17.3 Å². The molecule has 0 aromatic heterocycles. The lowest BCUT2D eigenvalue weighted by Crippen LogP contribution is -2.62. The predicted octanol–water partition coefficient (Wildman–Crippen LogP) is 4.31. The molecule has 4 rings (SSSR count). The van der Waals surface area contributed by atoms with Gasteiger partial charge in [0.1, 0.15) is 11.6 Å². The van der Waals surface area contributed by atoms with Gasteiger partial charge in [-0.05, 0) is 56.9 Å². The van der Waals surface area contributed by atoms with E-state index < -0.39 is 47.1 Å². The lowest BCUT2D eigenvalue weighted by atomic mass is 9.70. The molecule has 2 amide bonds. The molecule has 8 nitrogen and oxygen atoms in total. The third-order valence-corrected chi connectivity index (χ3v) is 9.00. The highest BCUT2D eigenvalue weighted by atomic mass is 16.6. The number of rotatable bonds is 13. The number of hydrogen-bond donors (Lipinski definition) is 1. The van der Waals surface area contributed by atoms with Gasteiger partial charge in [-0.2, -0.15) is 0 Å². The molecule has 3 saturated heterocycles. The molecule has 42 heavy (non-hydrogen) atoms. The van der Waals surface area contributed by atoms with E-state index in [0.717, 1.165) is 5.56 Å². The number of ether oxygens (including phenoxy) is 2. The second-order valence-electron chi connectivity index (χ2n) is 13.9. The topological polar surface area (TPSA) is 96.4 Å². The Labute approximate surface area is 250 Å². The van der Waals surface area contributed by atoms with Gasteiger partial charge in [0.05, 0.1) is 37.2 Å². The minimum Gasteiger partial charge on any atom is -0.465 e. The molecule has 8 heteroatoms. The van der Waals surface area contributed by atoms with E-state index in [1.165, 1.54) is 0 Å². The zero-order valence-corrected chi connectivity index (χ0v) is 25.9. The number of likely N-dealkylation sites (tertiary alicyclic amines) is 1. The molecule has 6 atom stereocenters. The van der Waals surface area contributed by atoms with Crippen molar-refractivity contribution >= 4 is 17.8 Å². The van der Waals surface area contributed by atoms with Crippen LogP contribution in [0.3, 0.4) is 0 Å². The van der Waals surface area contributed by atoms with Gasteiger partial charge in [-0.1, -0.05) is 63.3 Å². The lowest BCUT2D eigenvalue weighted by Gasteiger charge is -2.46. The van der Waals surface area contributed by atoms with Crippen LogP contribution >= 0.6 is 0 Å². The summed E-state index contributed by atoms with van der Waals surface area (Å²) >= 11 is 0. The summed E-state index contributed by atoms with van der Waals surface area (Å²) in [7, 11) is 0. The molecule has 3 fully saturated rings. The third-order valence-electron chi connectivity index (χ3n) is 9.00. The lowest BCUT2D eigenvalue weighted by molar-refractivity contribution is -0.158. The molecule has 1 spiro atoms. The Kier molecular flexibility index (Phi) is 9.38. The van der Waals surface area contributed by atoms with Crippen LogP contribution in [0.15, 0.2) is 55.6 Å². The number of hydrogen-bond acceptors (Lipinski definition) is 6. The number of carbonyl (C=O) groups is 3. The van der Waals surface area contributed by atoms with Crippen LogP contribution in [0.5, 0.6) is 0 Å². The summed E-state index contributed by atoms with van der Waals surface area (Å²) in [5, 5.41) is 10.7. The Morgan fingerprint density at radius 3 is 2.48 bits per heavy atom. The smallest absolute Gasteiger partial charge is 0.312 e. The van der Waals surface area contributed by atoms with Gasteiger partial charge < -0.3 is 24.4 Å². The maximum absolute atomic E-state index is 14.9. The van der Waals surface area contributed by atoms with E-state index in [1.54, 1.807) is 22.0 Å². The van der Waals surface area contributed by atoms with Gasteiger partial charge in [-0.3, -0.25) is 14.4 Å². The number of aliphatic hydroxyl groups excluding tert-OH is 1. The summed E-state index contributed by atoms with van der Waals surface area (Å²) in [5.74, 6) is -2.71. The van der Waals surface area contributed by atoms with Crippen LogP contribution in [0.25, 0.3) is 0 Å². The average molecular weight is 581 g/mol. The van der Waals surface area contributed by atoms with Gasteiger partial charge in [-0.25, -0.2) is 0 Å². The van der Waals surface area contributed by atoms with E-state index in [0.29, 0.717) is 38.6 Å². The van der Waals surface area contributed by atoms with E-state index in [1.807, 2.05) is 44.2 Å². The molecule has 2 unspecified atom stereocenters. The molecule has 0 aliphatic carbocycles. The zero-order chi connectivity index (χ0) is 30.9. The maximum atomic E-state index is 14.9. The highest BCUT2D eigenvalue weighted by Crippen LogP contribution is 2.59. The molecule has 0 saturated carbocycles. The quantitative estimate of drug-likeness (QED) is 0.212. The average Bonchev–Trinajstić information content (AvgIpc) is 3.56. The van der Waals surface area contributed by atoms with E-state index in [2.05, 4.69) is 33.9 Å². The number of amides is 2. The largest absolute Gasteiger partial charge is 0.465 e. The summed E-state index contributed by atoms with van der Waals surface area (Å²) in [4.78, 5) is 46.2. The minimum absolute atomic E-state index is 0.0707. The van der Waals surface area contributed by atoms with Gasteiger partial charge in [-0.15, -0.1) is 13.2 Å². The van der Waals surface area contributed by atoms with Gasteiger partial charge in [0, 0.05) is 12.1 Å². The van der Waals surface area contributed by atoms with Crippen LogP contribution in [0.4, 0.5) is 0 Å². The molecule has 1 aromatic rings. The van der Waals surface area contributed by atoms with Crippen molar-refractivity contribution < 1.29 is 29.0 Å². The van der Waals surface area contributed by atoms with E-state index >= 15 is 0 Å². The maximum Gasteiger partial charge on any atom is 0.312 e. The molecule has 3 aliphatic rings. The Morgan fingerprint density at radius 1 is 1.19 bits per heavy atom. The highest BCUT2D eigenvalue weighted by molar-refractivity contribution is 5.98. The first-order valence-corrected chi connectivity index (χ1v) is 15.2. The van der Waals surface area contributed by atoms with Gasteiger partial charge >= 0.3 is 5.97 Å². The van der Waals surface area contributed by atoms with Crippen molar-refractivity contribution in [1.82, 2.24) is 9.80 Å². The molecule has 3 heterocycles. The van der Waals surface area contributed by atoms with E-state index in [-0.39, 0.29) is 30.4 Å². The number of carbonyl (C=O) groups excluding carboxylic acids is 3. The van der Waals surface area contributed by atoms with E-state index in [4.69, 9.17) is 9.47 Å². The van der Waals surface area contributed by atoms with Crippen molar-refractivity contribution in [1.29, 1.82) is 0 Å². The third kappa shape index (κ3) is 5.93. The van der Waals surface area contributed by atoms with Crippen LogP contribution in [-0.2, 0) is 30.3 Å². The Morgan fingerprint density at radius 2 is 1.88 bits per heavy atom. The van der Waals surface area contributed by atoms with Gasteiger partial charge in [0.2, 0.25) is 11.8 Å². The number of fused-ring (bicyclic) bond motifs is 1. The second kappa shape index (κ2) is 12.3. The molecule has 230 valence electrons. The summed E-state index contributed by atoms with van der Waals surface area (Å²) < 4.78 is 12.2. The standard InChI is InChI=1S/C34H48N2O6/c1-8-10-19-41-31(40)26-25-16-17-34(42-25)27(26)29(38)36(24(21-37)20-23-14-12-11-13-15-23)28(34)30(39)35(18-9-2)33(6,7)22-32(3,4)5/h8-9,11-15,24-28,37H,1-2,10,16-22H2,3-7H3/t24-,25-,26+,27+,28?,34?/m1/s1. The second-order valence-corrected chi connectivity index (χ2v) is 13.9. The van der Waals surface area contributed by atoms with Crippen molar-refractivity contribution in [3.8, 4) is 0 Å². The fourth-order valence-corrected chi connectivity index (χ4v) is 7.81. The molecule has 0 radical (unpaired) electrons. The van der Waals surface area contributed by atoms with Crippen molar-refractivity contribution in [2.75, 3.05) is 19.8 Å². The normalized spacial score (nSPS) is 27.5. The Bertz CT molecular complexity index is 1170. The first-order valence-electron chi connectivity index (χ1n) is 15.2. The number of nitrogens with zero attached hydrogens (tertiary/aromatic N) is 2. The first kappa shape index (κ1) is 32.0.